The van der Waals surface area contributed by atoms with E-state index in [1.54, 1.807) is 20.8 Å². The second kappa shape index (κ2) is 3.74. The van der Waals surface area contributed by atoms with E-state index in [0.717, 1.165) is 0 Å². The molecule has 0 aromatic carbocycles. The zero-order valence-corrected chi connectivity index (χ0v) is 12.1. The second-order valence-electron chi connectivity index (χ2n) is 7.13. The first-order valence-electron chi connectivity index (χ1n) is 6.93. The highest BCUT2D eigenvalue weighted by molar-refractivity contribution is 5.80. The van der Waals surface area contributed by atoms with Gasteiger partial charge in [-0.1, -0.05) is 0 Å². The number of hydrogen-bond acceptors (Lipinski definition) is 6. The minimum Gasteiger partial charge on any atom is -0.433 e. The largest absolute Gasteiger partial charge is 0.433 e. The van der Waals surface area contributed by atoms with Crippen LogP contribution in [0, 0.1) is 17.3 Å². The fraction of sp³-hybridized carbons (Fsp3) is 0.857. The van der Waals surface area contributed by atoms with Gasteiger partial charge in [0, 0.05) is 13.3 Å². The Morgan fingerprint density at radius 3 is 2.70 bits per heavy atom. The fourth-order valence-corrected chi connectivity index (χ4v) is 3.45. The Balaban J connectivity index is 1.91. The van der Waals surface area contributed by atoms with Crippen LogP contribution >= 0.6 is 0 Å². The van der Waals surface area contributed by atoms with Crippen LogP contribution in [0.25, 0.3) is 0 Å². The van der Waals surface area contributed by atoms with Gasteiger partial charge in [0.2, 0.25) is 11.6 Å². The van der Waals surface area contributed by atoms with E-state index in [1.165, 1.54) is 6.92 Å². The summed E-state index contributed by atoms with van der Waals surface area (Å²) in [5.74, 6) is -5.00. The van der Waals surface area contributed by atoms with Crippen molar-refractivity contribution in [3.63, 3.8) is 0 Å². The van der Waals surface area contributed by atoms with Crippen LogP contribution in [0.5, 0.6) is 0 Å². The molecule has 20 heavy (non-hydrogen) atoms. The molecule has 6 heteroatoms. The van der Waals surface area contributed by atoms with E-state index in [9.17, 15) is 14.7 Å². The summed E-state index contributed by atoms with van der Waals surface area (Å²) in [7, 11) is 0. The predicted molar refractivity (Wildman–Crippen MR) is 66.1 cm³/mol. The van der Waals surface area contributed by atoms with Crippen molar-refractivity contribution in [3.05, 3.63) is 0 Å². The monoisotopic (exact) mass is 284 g/mol. The maximum absolute atomic E-state index is 12.1. The smallest absolute Gasteiger partial charge is 0.318 e. The van der Waals surface area contributed by atoms with Gasteiger partial charge >= 0.3 is 11.9 Å². The van der Waals surface area contributed by atoms with Crippen LogP contribution in [0.4, 0.5) is 0 Å². The number of aliphatic hydroxyl groups is 1. The summed E-state index contributed by atoms with van der Waals surface area (Å²) in [5, 5.41) is 10.2. The molecule has 2 bridgehead atoms. The molecule has 1 N–H and O–H groups in total. The number of hydrogen-bond donors (Lipinski definition) is 1. The molecule has 0 amide bonds. The molecule has 5 atom stereocenters. The Morgan fingerprint density at radius 1 is 1.45 bits per heavy atom. The van der Waals surface area contributed by atoms with Crippen molar-refractivity contribution < 1.29 is 28.9 Å². The number of carbonyl (C=O) groups is 2. The predicted octanol–water partition coefficient (Wildman–Crippen LogP) is 0.962. The maximum atomic E-state index is 12.1. The molecule has 0 radical (unpaired) electrons. The van der Waals surface area contributed by atoms with Crippen molar-refractivity contribution in [1.82, 2.24) is 0 Å². The number of carbonyl (C=O) groups excluding carboxylic acids is 2. The molecule has 0 aromatic rings. The molecule has 0 spiro atoms. The molecule has 3 heterocycles. The van der Waals surface area contributed by atoms with E-state index in [0.29, 0.717) is 12.8 Å². The molecule has 3 aliphatic rings. The zero-order chi connectivity index (χ0) is 14.9. The van der Waals surface area contributed by atoms with Gasteiger partial charge in [0.1, 0.15) is 5.92 Å². The lowest BCUT2D eigenvalue weighted by Crippen LogP contribution is -2.47. The molecule has 112 valence electrons. The summed E-state index contributed by atoms with van der Waals surface area (Å²) in [6.45, 7) is 6.69. The lowest BCUT2D eigenvalue weighted by atomic mass is 9.75. The van der Waals surface area contributed by atoms with Gasteiger partial charge in [-0.2, -0.15) is 0 Å². The average molecular weight is 284 g/mol. The summed E-state index contributed by atoms with van der Waals surface area (Å²) in [4.78, 5) is 24.2. The molecule has 6 nitrogen and oxygen atoms in total. The summed E-state index contributed by atoms with van der Waals surface area (Å²) in [6.07, 6.45) is 0.797. The van der Waals surface area contributed by atoms with Gasteiger partial charge in [-0.25, -0.2) is 0 Å². The molecule has 0 saturated carbocycles. The standard InChI is InChI=1S/C14H20O6/c1-12(2,3)11(16)20-14-6-5-7(18-14)8-9(14)10(15)19-13(8,4)17/h7-9,17H,5-6H2,1-4H3/t7-,8-,9+,13?,14-/m1/s1. The molecule has 0 aromatic heterocycles. The van der Waals surface area contributed by atoms with Gasteiger partial charge in [0.05, 0.1) is 17.4 Å². The highest BCUT2D eigenvalue weighted by atomic mass is 16.7. The second-order valence-corrected chi connectivity index (χ2v) is 7.13. The van der Waals surface area contributed by atoms with Gasteiger partial charge in [-0.3, -0.25) is 9.59 Å². The highest BCUT2D eigenvalue weighted by Crippen LogP contribution is 2.59. The number of fused-ring (bicyclic) bond motifs is 5. The van der Waals surface area contributed by atoms with Crippen LogP contribution in [-0.2, 0) is 23.8 Å². The summed E-state index contributed by atoms with van der Waals surface area (Å²) < 4.78 is 16.4. The zero-order valence-electron chi connectivity index (χ0n) is 12.1. The van der Waals surface area contributed by atoms with Crippen LogP contribution in [0.1, 0.15) is 40.5 Å². The molecule has 3 fully saturated rings. The third-order valence-corrected chi connectivity index (χ3v) is 4.42. The van der Waals surface area contributed by atoms with E-state index in [-0.39, 0.29) is 6.10 Å². The van der Waals surface area contributed by atoms with Gasteiger partial charge in [0.25, 0.3) is 0 Å². The van der Waals surface area contributed by atoms with Crippen molar-refractivity contribution >= 4 is 11.9 Å². The lowest BCUT2D eigenvalue weighted by Gasteiger charge is -2.32. The molecular formula is C14H20O6. The lowest BCUT2D eigenvalue weighted by molar-refractivity contribution is -0.233. The third kappa shape index (κ3) is 1.71. The first-order chi connectivity index (χ1) is 9.07. The quantitative estimate of drug-likeness (QED) is 0.722. The van der Waals surface area contributed by atoms with Gasteiger partial charge in [-0.05, 0) is 27.2 Å². The van der Waals surface area contributed by atoms with Crippen molar-refractivity contribution in [2.45, 2.75) is 58.2 Å². The van der Waals surface area contributed by atoms with Gasteiger partial charge < -0.3 is 19.3 Å². The molecule has 0 aliphatic carbocycles. The Labute approximate surface area is 117 Å². The number of esters is 2. The molecular weight excluding hydrogens is 264 g/mol. The van der Waals surface area contributed by atoms with E-state index in [1.807, 2.05) is 0 Å². The molecule has 1 unspecified atom stereocenters. The topological polar surface area (TPSA) is 82.1 Å². The first-order valence-corrected chi connectivity index (χ1v) is 6.93. The van der Waals surface area contributed by atoms with Crippen molar-refractivity contribution in [3.8, 4) is 0 Å². The maximum Gasteiger partial charge on any atom is 0.318 e. The first kappa shape index (κ1) is 13.8. The highest BCUT2D eigenvalue weighted by Gasteiger charge is 2.74. The SMILES string of the molecule is CC(C)(C)C(=O)O[C@@]12CC[C@@H](O1)[C@@H]1[C@H]2C(=O)OC1(C)O. The number of ether oxygens (including phenoxy) is 3. The Morgan fingerprint density at radius 2 is 2.10 bits per heavy atom. The van der Waals surface area contributed by atoms with E-state index >= 15 is 0 Å². The van der Waals surface area contributed by atoms with Crippen LogP contribution in [0.3, 0.4) is 0 Å². The Kier molecular flexibility index (Phi) is 2.58. The van der Waals surface area contributed by atoms with Gasteiger partial charge in [0.15, 0.2) is 0 Å². The van der Waals surface area contributed by atoms with Crippen molar-refractivity contribution in [2.24, 2.45) is 17.3 Å². The van der Waals surface area contributed by atoms with Crippen LogP contribution in [0.15, 0.2) is 0 Å². The third-order valence-electron chi connectivity index (χ3n) is 4.42. The van der Waals surface area contributed by atoms with E-state index in [4.69, 9.17) is 14.2 Å². The minimum atomic E-state index is -1.55. The van der Waals surface area contributed by atoms with Crippen LogP contribution in [0.2, 0.25) is 0 Å². The molecule has 3 saturated heterocycles. The fourth-order valence-electron chi connectivity index (χ4n) is 3.45. The summed E-state index contributed by atoms with van der Waals surface area (Å²) in [6, 6.07) is 0. The normalized spacial score (nSPS) is 46.2. The Hall–Kier alpha value is -1.14. The number of rotatable bonds is 1. The van der Waals surface area contributed by atoms with Crippen molar-refractivity contribution in [1.29, 1.82) is 0 Å². The molecule has 3 aliphatic heterocycles. The van der Waals surface area contributed by atoms with E-state index in [2.05, 4.69) is 0 Å². The summed E-state index contributed by atoms with van der Waals surface area (Å²) >= 11 is 0. The minimum absolute atomic E-state index is 0.311. The Bertz CT molecular complexity index is 477. The molecule has 3 rings (SSSR count). The van der Waals surface area contributed by atoms with Crippen molar-refractivity contribution in [2.75, 3.05) is 0 Å². The summed E-state index contributed by atoms with van der Waals surface area (Å²) in [5.41, 5.74) is -0.681. The van der Waals surface area contributed by atoms with E-state index < -0.39 is 40.8 Å². The van der Waals surface area contributed by atoms with Gasteiger partial charge in [-0.15, -0.1) is 0 Å². The average Bonchev–Trinajstić information content (AvgIpc) is 2.87. The number of cyclic esters (lactones) is 1. The van der Waals surface area contributed by atoms with Crippen LogP contribution < -0.4 is 0 Å². The van der Waals surface area contributed by atoms with Crippen LogP contribution in [-0.4, -0.2) is 34.7 Å².